The van der Waals surface area contributed by atoms with E-state index in [1.54, 1.807) is 61.0 Å². The molecule has 0 radical (unpaired) electrons. The van der Waals surface area contributed by atoms with Crippen molar-refractivity contribution in [3.63, 3.8) is 0 Å². The summed E-state index contributed by atoms with van der Waals surface area (Å²) in [7, 11) is 0. The van der Waals surface area contributed by atoms with Crippen molar-refractivity contribution in [1.82, 2.24) is 24.9 Å². The Labute approximate surface area is 224 Å². The number of benzene rings is 2. The minimum absolute atomic E-state index is 0.321. The highest BCUT2D eigenvalue weighted by molar-refractivity contribution is 6.33. The normalized spacial score (nSPS) is 11.0. The van der Waals surface area contributed by atoms with Crippen LogP contribution in [0.5, 0.6) is 11.6 Å². The van der Waals surface area contributed by atoms with Gasteiger partial charge in [-0.1, -0.05) is 35.0 Å². The van der Waals surface area contributed by atoms with E-state index in [9.17, 15) is 4.79 Å². The molecule has 192 valence electrons. The highest BCUT2D eigenvalue weighted by atomic mass is 35.5. The van der Waals surface area contributed by atoms with Crippen molar-refractivity contribution in [1.29, 1.82) is 0 Å². The summed E-state index contributed by atoms with van der Waals surface area (Å²) in [5, 5.41) is 12.0. The Morgan fingerprint density at radius 3 is 2.42 bits per heavy atom. The van der Waals surface area contributed by atoms with E-state index in [0.717, 1.165) is 17.0 Å². The molecule has 5 rings (SSSR count). The zero-order valence-corrected chi connectivity index (χ0v) is 22.3. The number of carbonyl (C=O) groups is 1. The molecule has 1 amide bonds. The van der Waals surface area contributed by atoms with Crippen molar-refractivity contribution in [3.8, 4) is 28.7 Å². The molecule has 3 aromatic heterocycles. The first kappa shape index (κ1) is 25.2. The Balaban J connectivity index is 1.34. The second-order valence-electron chi connectivity index (χ2n) is 8.84. The van der Waals surface area contributed by atoms with Gasteiger partial charge in [-0.3, -0.25) is 4.79 Å². The lowest BCUT2D eigenvalue weighted by Crippen LogP contribution is -2.13. The average molecular weight is 529 g/mol. The Bertz CT molecular complexity index is 1660. The van der Waals surface area contributed by atoms with Gasteiger partial charge in [-0.25, -0.2) is 9.67 Å². The predicted octanol–water partition coefficient (Wildman–Crippen LogP) is 6.56. The second kappa shape index (κ2) is 10.1. The maximum absolute atomic E-state index is 13.1. The standard InChI is InChI=1S/C28H25ClN6O3/c1-15-16(2)33-35(17(15)3)24-14-25(31-19(5)30-24)37-21-12-10-20(11-13-21)32-28(36)26-18(4)38-34-27(26)22-8-6-7-9-23(22)29/h6-14H,1-5H3,(H,32,36). The molecule has 38 heavy (non-hydrogen) atoms. The average Bonchev–Trinajstić information content (AvgIpc) is 3.39. The zero-order chi connectivity index (χ0) is 27.0. The molecule has 0 spiro atoms. The van der Waals surface area contributed by atoms with Gasteiger partial charge >= 0.3 is 0 Å². The quantitative estimate of drug-likeness (QED) is 0.266. The van der Waals surface area contributed by atoms with E-state index in [2.05, 4.69) is 25.5 Å². The van der Waals surface area contributed by atoms with E-state index < -0.39 is 0 Å². The topological polar surface area (TPSA) is 108 Å². The largest absolute Gasteiger partial charge is 0.439 e. The monoisotopic (exact) mass is 528 g/mol. The number of amides is 1. The molecule has 0 saturated carbocycles. The number of hydrogen-bond acceptors (Lipinski definition) is 7. The molecule has 0 aliphatic rings. The maximum atomic E-state index is 13.1. The number of rotatable bonds is 6. The lowest BCUT2D eigenvalue weighted by Gasteiger charge is -2.10. The van der Waals surface area contributed by atoms with Gasteiger partial charge in [0.05, 0.1) is 10.7 Å². The molecule has 0 bridgehead atoms. The maximum Gasteiger partial charge on any atom is 0.261 e. The number of nitrogens with zero attached hydrogens (tertiary/aromatic N) is 5. The van der Waals surface area contributed by atoms with Crippen molar-refractivity contribution in [2.24, 2.45) is 0 Å². The molecule has 0 aliphatic carbocycles. The van der Waals surface area contributed by atoms with Gasteiger partial charge in [0.25, 0.3) is 5.91 Å². The minimum Gasteiger partial charge on any atom is -0.439 e. The predicted molar refractivity (Wildman–Crippen MR) is 144 cm³/mol. The van der Waals surface area contributed by atoms with E-state index in [1.807, 2.05) is 32.9 Å². The van der Waals surface area contributed by atoms with Crippen molar-refractivity contribution >= 4 is 23.2 Å². The van der Waals surface area contributed by atoms with Crippen LogP contribution in [0.4, 0.5) is 5.69 Å². The summed E-state index contributed by atoms with van der Waals surface area (Å²) < 4.78 is 13.1. The molecule has 0 atom stereocenters. The molecule has 0 fully saturated rings. The fourth-order valence-corrected chi connectivity index (χ4v) is 4.25. The van der Waals surface area contributed by atoms with Crippen molar-refractivity contribution < 1.29 is 14.1 Å². The van der Waals surface area contributed by atoms with E-state index >= 15 is 0 Å². The summed E-state index contributed by atoms with van der Waals surface area (Å²) in [6.07, 6.45) is 0. The van der Waals surface area contributed by atoms with Crippen LogP contribution in [0.25, 0.3) is 17.1 Å². The molecule has 3 heterocycles. The molecule has 0 unspecified atom stereocenters. The molecule has 1 N–H and O–H groups in total. The van der Waals surface area contributed by atoms with Crippen molar-refractivity contribution in [2.75, 3.05) is 5.32 Å². The third-order valence-electron chi connectivity index (χ3n) is 6.22. The molecule has 2 aromatic carbocycles. The molecule has 5 aromatic rings. The van der Waals surface area contributed by atoms with E-state index in [-0.39, 0.29) is 5.91 Å². The Morgan fingerprint density at radius 2 is 1.74 bits per heavy atom. The second-order valence-corrected chi connectivity index (χ2v) is 9.25. The number of anilines is 1. The van der Waals surface area contributed by atoms with Gasteiger partial charge in [0.2, 0.25) is 5.88 Å². The van der Waals surface area contributed by atoms with Gasteiger partial charge in [0.15, 0.2) is 5.82 Å². The number of aryl methyl sites for hydroxylation is 3. The highest BCUT2D eigenvalue weighted by Crippen LogP contribution is 2.32. The fourth-order valence-electron chi connectivity index (χ4n) is 4.03. The molecular formula is C28H25ClN6O3. The Morgan fingerprint density at radius 1 is 1.00 bits per heavy atom. The number of carbonyl (C=O) groups excluding carboxylic acids is 1. The van der Waals surface area contributed by atoms with E-state index in [4.69, 9.17) is 20.9 Å². The van der Waals surface area contributed by atoms with Crippen LogP contribution in [0.3, 0.4) is 0 Å². The van der Waals surface area contributed by atoms with Crippen LogP contribution < -0.4 is 10.1 Å². The van der Waals surface area contributed by atoms with Crippen molar-refractivity contribution in [2.45, 2.75) is 34.6 Å². The third kappa shape index (κ3) is 4.88. The SMILES string of the molecule is Cc1nc(Oc2ccc(NC(=O)c3c(-c4ccccc4Cl)noc3C)cc2)cc(-n2nc(C)c(C)c2C)n1. The summed E-state index contributed by atoms with van der Waals surface area (Å²) in [4.78, 5) is 22.0. The number of halogens is 1. The van der Waals surface area contributed by atoms with Crippen LogP contribution in [0.1, 0.15) is 38.9 Å². The number of ether oxygens (including phenoxy) is 1. The summed E-state index contributed by atoms with van der Waals surface area (Å²) in [6, 6.07) is 15.9. The zero-order valence-electron chi connectivity index (χ0n) is 21.5. The number of hydrogen-bond donors (Lipinski definition) is 1. The molecule has 10 heteroatoms. The minimum atomic E-state index is -0.358. The van der Waals surface area contributed by atoms with Crippen LogP contribution in [-0.2, 0) is 0 Å². The summed E-state index contributed by atoms with van der Waals surface area (Å²) in [5.74, 6) is 2.16. The van der Waals surface area contributed by atoms with Crippen molar-refractivity contribution in [3.05, 3.63) is 93.7 Å². The van der Waals surface area contributed by atoms with Crippen LogP contribution in [0.15, 0.2) is 59.1 Å². The lowest BCUT2D eigenvalue weighted by molar-refractivity contribution is 0.102. The lowest BCUT2D eigenvalue weighted by atomic mass is 10.1. The van der Waals surface area contributed by atoms with Gasteiger partial charge in [-0.05, 0) is 70.5 Å². The first-order valence-electron chi connectivity index (χ1n) is 11.9. The molecular weight excluding hydrogens is 504 g/mol. The number of aromatic nitrogens is 5. The first-order valence-corrected chi connectivity index (χ1v) is 12.3. The van der Waals surface area contributed by atoms with Crippen LogP contribution in [0.2, 0.25) is 5.02 Å². The molecule has 9 nitrogen and oxygen atoms in total. The van der Waals surface area contributed by atoms with Gasteiger partial charge in [0, 0.05) is 23.0 Å². The van der Waals surface area contributed by atoms with Gasteiger partial charge < -0.3 is 14.6 Å². The summed E-state index contributed by atoms with van der Waals surface area (Å²) in [6.45, 7) is 9.48. The third-order valence-corrected chi connectivity index (χ3v) is 6.55. The van der Waals surface area contributed by atoms with E-state index in [1.165, 1.54) is 0 Å². The summed E-state index contributed by atoms with van der Waals surface area (Å²) >= 11 is 6.32. The molecule has 0 saturated heterocycles. The van der Waals surface area contributed by atoms with Crippen LogP contribution in [0, 0.1) is 34.6 Å². The molecule has 0 aliphatic heterocycles. The van der Waals surface area contributed by atoms with E-state index in [0.29, 0.717) is 56.6 Å². The van der Waals surface area contributed by atoms with Gasteiger partial charge in [0.1, 0.15) is 28.6 Å². The van der Waals surface area contributed by atoms with Gasteiger partial charge in [-0.2, -0.15) is 10.1 Å². The highest BCUT2D eigenvalue weighted by Gasteiger charge is 2.23. The Hall–Kier alpha value is -4.50. The van der Waals surface area contributed by atoms with Crippen LogP contribution in [-0.4, -0.2) is 30.8 Å². The fraction of sp³-hybridized carbons (Fsp3) is 0.179. The first-order chi connectivity index (χ1) is 18.2. The summed E-state index contributed by atoms with van der Waals surface area (Å²) in [5.41, 5.74) is 4.97. The van der Waals surface area contributed by atoms with Crippen LogP contribution >= 0.6 is 11.6 Å². The Kier molecular flexibility index (Phi) is 6.69. The smallest absolute Gasteiger partial charge is 0.261 e. The number of nitrogens with one attached hydrogen (secondary N) is 1. The van der Waals surface area contributed by atoms with Gasteiger partial charge in [-0.15, -0.1) is 0 Å².